The lowest BCUT2D eigenvalue weighted by Crippen LogP contribution is -2.26. The van der Waals surface area contributed by atoms with Crippen LogP contribution in [0.15, 0.2) is 42.5 Å². The number of hydrogen-bond acceptors (Lipinski definition) is 5. The first-order valence-electron chi connectivity index (χ1n) is 12.5. The fraction of sp³-hybridized carbons (Fsp3) is 0.483. The minimum absolute atomic E-state index is 0.142. The highest BCUT2D eigenvalue weighted by Gasteiger charge is 2.27. The highest BCUT2D eigenvalue weighted by molar-refractivity contribution is 5.85. The molecule has 1 saturated heterocycles. The Morgan fingerprint density at radius 2 is 1.94 bits per heavy atom. The van der Waals surface area contributed by atoms with Crippen molar-refractivity contribution in [1.82, 2.24) is 4.90 Å². The summed E-state index contributed by atoms with van der Waals surface area (Å²) in [5.74, 6) is 1.86. The summed E-state index contributed by atoms with van der Waals surface area (Å²) < 4.78 is 30.4. The Kier molecular flexibility index (Phi) is 7.80. The zero-order valence-electron chi connectivity index (χ0n) is 21.2. The summed E-state index contributed by atoms with van der Waals surface area (Å²) in [7, 11) is 0. The van der Waals surface area contributed by atoms with Crippen LogP contribution in [0.2, 0.25) is 0 Å². The van der Waals surface area contributed by atoms with Gasteiger partial charge in [0.15, 0.2) is 0 Å². The second kappa shape index (κ2) is 10.8. The summed E-state index contributed by atoms with van der Waals surface area (Å²) in [6.07, 6.45) is 4.67. The van der Waals surface area contributed by atoms with Crippen molar-refractivity contribution in [2.24, 2.45) is 5.41 Å². The third kappa shape index (κ3) is 6.04. The van der Waals surface area contributed by atoms with Gasteiger partial charge in [-0.05, 0) is 75.9 Å². The van der Waals surface area contributed by atoms with Crippen molar-refractivity contribution in [3.63, 3.8) is 0 Å². The van der Waals surface area contributed by atoms with Crippen molar-refractivity contribution >= 4 is 11.5 Å². The Balaban J connectivity index is 1.49. The summed E-state index contributed by atoms with van der Waals surface area (Å²) in [5.41, 5.74) is 3.41. The molecule has 0 aliphatic carbocycles. The van der Waals surface area contributed by atoms with Gasteiger partial charge >= 0.3 is 5.97 Å². The van der Waals surface area contributed by atoms with E-state index in [0.717, 1.165) is 66.2 Å². The highest BCUT2D eigenvalue weighted by Crippen LogP contribution is 2.40. The van der Waals surface area contributed by atoms with E-state index in [4.69, 9.17) is 14.2 Å². The maximum Gasteiger partial charge on any atom is 0.316 e. The van der Waals surface area contributed by atoms with Gasteiger partial charge in [0, 0.05) is 37.2 Å². The molecule has 2 heterocycles. The number of benzene rings is 2. The number of rotatable bonds is 7. The Labute approximate surface area is 207 Å². The van der Waals surface area contributed by atoms with Gasteiger partial charge in [-0.25, -0.2) is 0 Å². The van der Waals surface area contributed by atoms with Crippen LogP contribution in [0.1, 0.15) is 56.7 Å². The lowest BCUT2D eigenvalue weighted by atomic mass is 9.94. The van der Waals surface area contributed by atoms with Crippen LogP contribution in [0.25, 0.3) is 5.57 Å². The molecule has 6 heteroatoms. The predicted molar refractivity (Wildman–Crippen MR) is 136 cm³/mol. The van der Waals surface area contributed by atoms with Crippen molar-refractivity contribution in [3.8, 4) is 17.2 Å². The third-order valence-electron chi connectivity index (χ3n) is 6.48. The van der Waals surface area contributed by atoms with Crippen LogP contribution in [0.4, 0.5) is 4.39 Å². The molecule has 4 rings (SSSR count). The van der Waals surface area contributed by atoms with Crippen molar-refractivity contribution in [2.45, 2.75) is 53.1 Å². The number of alkyl halides is 1. The standard InChI is InChI=1S/C29H36FNO4/c1-20-26(35-28(32)29(2,3)4)13-12-25-24(7-5-18-33-27(20)25)21-8-10-22(11-9-21)34-23-14-17-31(19-23)16-6-15-30/h7-13,23H,5-6,14-19H2,1-4H3. The first-order chi connectivity index (χ1) is 16.8. The molecule has 35 heavy (non-hydrogen) atoms. The summed E-state index contributed by atoms with van der Waals surface area (Å²) in [6.45, 7) is 10.4. The van der Waals surface area contributed by atoms with Gasteiger partial charge < -0.3 is 14.2 Å². The molecule has 1 atom stereocenters. The quantitative estimate of drug-likeness (QED) is 0.360. The second-order valence-electron chi connectivity index (χ2n) is 10.4. The van der Waals surface area contributed by atoms with Crippen molar-refractivity contribution in [1.29, 1.82) is 0 Å². The van der Waals surface area contributed by atoms with Crippen LogP contribution in [-0.2, 0) is 4.79 Å². The monoisotopic (exact) mass is 481 g/mol. The van der Waals surface area contributed by atoms with Crippen LogP contribution in [-0.4, -0.2) is 49.9 Å². The molecule has 1 fully saturated rings. The number of halogens is 1. The van der Waals surface area contributed by atoms with E-state index >= 15 is 0 Å². The number of likely N-dealkylation sites (tertiary alicyclic amines) is 1. The maximum atomic E-state index is 12.4. The van der Waals surface area contributed by atoms with Crippen molar-refractivity contribution < 1.29 is 23.4 Å². The van der Waals surface area contributed by atoms with E-state index in [9.17, 15) is 9.18 Å². The highest BCUT2D eigenvalue weighted by atomic mass is 19.1. The van der Waals surface area contributed by atoms with E-state index in [2.05, 4.69) is 23.1 Å². The Morgan fingerprint density at radius 3 is 2.66 bits per heavy atom. The van der Waals surface area contributed by atoms with E-state index in [-0.39, 0.29) is 18.7 Å². The minimum Gasteiger partial charge on any atom is -0.492 e. The predicted octanol–water partition coefficient (Wildman–Crippen LogP) is 5.97. The number of carbonyl (C=O) groups is 1. The molecule has 2 aliphatic heterocycles. The molecule has 2 aromatic carbocycles. The molecule has 0 saturated carbocycles. The Bertz CT molecular complexity index is 1070. The molecule has 188 valence electrons. The Hall–Kier alpha value is -2.86. The number of esters is 1. The Morgan fingerprint density at radius 1 is 1.17 bits per heavy atom. The molecule has 1 unspecified atom stereocenters. The zero-order chi connectivity index (χ0) is 25.0. The number of fused-ring (bicyclic) bond motifs is 1. The molecule has 0 radical (unpaired) electrons. The van der Waals surface area contributed by atoms with Gasteiger partial charge in [-0.1, -0.05) is 18.2 Å². The molecule has 0 spiro atoms. The number of hydrogen-bond donors (Lipinski definition) is 0. The van der Waals surface area contributed by atoms with Crippen molar-refractivity contribution in [3.05, 3.63) is 59.2 Å². The van der Waals surface area contributed by atoms with Gasteiger partial charge in [-0.3, -0.25) is 14.1 Å². The summed E-state index contributed by atoms with van der Waals surface area (Å²) in [6, 6.07) is 12.0. The number of ether oxygens (including phenoxy) is 3. The lowest BCUT2D eigenvalue weighted by molar-refractivity contribution is -0.143. The van der Waals surface area contributed by atoms with Crippen LogP contribution < -0.4 is 14.2 Å². The summed E-state index contributed by atoms with van der Waals surface area (Å²) >= 11 is 0. The molecule has 0 aromatic heterocycles. The molecule has 0 amide bonds. The second-order valence-corrected chi connectivity index (χ2v) is 10.4. The molecule has 0 N–H and O–H groups in total. The van der Waals surface area contributed by atoms with E-state index in [1.54, 1.807) is 0 Å². The number of carbonyl (C=O) groups excluding carboxylic acids is 1. The van der Waals surface area contributed by atoms with Crippen LogP contribution in [0, 0.1) is 12.3 Å². The SMILES string of the molecule is Cc1c(OC(=O)C(C)(C)C)ccc2c1OCCC=C2c1ccc(OC2CCN(CCCF)C2)cc1. The first kappa shape index (κ1) is 25.2. The smallest absolute Gasteiger partial charge is 0.316 e. The maximum absolute atomic E-state index is 12.4. The van der Waals surface area contributed by atoms with Gasteiger partial charge in [-0.2, -0.15) is 0 Å². The molecule has 0 bridgehead atoms. The van der Waals surface area contributed by atoms with Crippen molar-refractivity contribution in [2.75, 3.05) is 32.9 Å². The topological polar surface area (TPSA) is 48.0 Å². The van der Waals surface area contributed by atoms with Gasteiger partial charge in [0.1, 0.15) is 23.4 Å². The normalized spacial score (nSPS) is 18.3. The van der Waals surface area contributed by atoms with E-state index in [0.29, 0.717) is 18.8 Å². The van der Waals surface area contributed by atoms with E-state index in [1.165, 1.54) is 0 Å². The molecule has 2 aliphatic rings. The third-order valence-corrected chi connectivity index (χ3v) is 6.48. The average Bonchev–Trinajstić information content (AvgIpc) is 3.15. The first-order valence-corrected chi connectivity index (χ1v) is 12.5. The van der Waals surface area contributed by atoms with E-state index in [1.807, 2.05) is 52.0 Å². The lowest BCUT2D eigenvalue weighted by Gasteiger charge is -2.20. The zero-order valence-corrected chi connectivity index (χ0v) is 21.2. The summed E-state index contributed by atoms with van der Waals surface area (Å²) in [4.78, 5) is 14.7. The fourth-order valence-corrected chi connectivity index (χ4v) is 4.47. The van der Waals surface area contributed by atoms with Crippen LogP contribution >= 0.6 is 0 Å². The minimum atomic E-state index is -0.583. The van der Waals surface area contributed by atoms with Gasteiger partial charge in [0.05, 0.1) is 18.7 Å². The molecule has 5 nitrogen and oxygen atoms in total. The summed E-state index contributed by atoms with van der Waals surface area (Å²) in [5, 5.41) is 0. The van der Waals surface area contributed by atoms with Crippen LogP contribution in [0.3, 0.4) is 0 Å². The molecular formula is C29H36FNO4. The van der Waals surface area contributed by atoms with Gasteiger partial charge in [0.2, 0.25) is 0 Å². The molecule has 2 aromatic rings. The van der Waals surface area contributed by atoms with Gasteiger partial charge in [-0.15, -0.1) is 0 Å². The molecular weight excluding hydrogens is 445 g/mol. The fourth-order valence-electron chi connectivity index (χ4n) is 4.47. The van der Waals surface area contributed by atoms with E-state index < -0.39 is 5.41 Å². The van der Waals surface area contributed by atoms with Gasteiger partial charge in [0.25, 0.3) is 0 Å². The average molecular weight is 482 g/mol. The number of nitrogens with zero attached hydrogens (tertiary/aromatic N) is 1. The van der Waals surface area contributed by atoms with Crippen LogP contribution in [0.5, 0.6) is 17.2 Å². The largest absolute Gasteiger partial charge is 0.492 e.